The Kier molecular flexibility index (Phi) is 5.83. The standard InChI is InChI=1S/C14H25N3O2S/c1-5-12(3)17(9-8-16-20(4,18)19)13-6-7-14(15)11(2)10-13/h6-7,10,12,16H,5,8-9,15H2,1-4H3. The van der Waals surface area contributed by atoms with E-state index >= 15 is 0 Å². The second kappa shape index (κ2) is 6.95. The minimum absolute atomic E-state index is 0.333. The highest BCUT2D eigenvalue weighted by atomic mass is 32.2. The lowest BCUT2D eigenvalue weighted by Gasteiger charge is -2.31. The van der Waals surface area contributed by atoms with E-state index in [4.69, 9.17) is 5.73 Å². The van der Waals surface area contributed by atoms with Gasteiger partial charge >= 0.3 is 0 Å². The van der Waals surface area contributed by atoms with Gasteiger partial charge in [-0.15, -0.1) is 0 Å². The summed E-state index contributed by atoms with van der Waals surface area (Å²) in [7, 11) is -3.15. The summed E-state index contributed by atoms with van der Waals surface area (Å²) >= 11 is 0. The van der Waals surface area contributed by atoms with Gasteiger partial charge in [0.15, 0.2) is 0 Å². The summed E-state index contributed by atoms with van der Waals surface area (Å²) in [6, 6.07) is 6.25. The van der Waals surface area contributed by atoms with Crippen LogP contribution in [0.1, 0.15) is 25.8 Å². The molecular weight excluding hydrogens is 274 g/mol. The number of hydrogen-bond acceptors (Lipinski definition) is 4. The number of nitrogens with zero attached hydrogens (tertiary/aromatic N) is 1. The molecule has 1 rings (SSSR count). The lowest BCUT2D eigenvalue weighted by atomic mass is 10.1. The largest absolute Gasteiger partial charge is 0.399 e. The molecule has 0 saturated carbocycles. The number of aryl methyl sites for hydroxylation is 1. The van der Waals surface area contributed by atoms with E-state index in [-0.39, 0.29) is 0 Å². The Morgan fingerprint density at radius 3 is 2.55 bits per heavy atom. The SMILES string of the molecule is CCC(C)N(CCNS(C)(=O)=O)c1ccc(N)c(C)c1. The van der Waals surface area contributed by atoms with Gasteiger partial charge in [-0.3, -0.25) is 0 Å². The number of sulfonamides is 1. The normalized spacial score (nSPS) is 13.2. The average Bonchev–Trinajstić information content (AvgIpc) is 2.36. The predicted molar refractivity (Wildman–Crippen MR) is 85.5 cm³/mol. The fourth-order valence-corrected chi connectivity index (χ4v) is 2.48. The molecule has 20 heavy (non-hydrogen) atoms. The van der Waals surface area contributed by atoms with Crippen molar-refractivity contribution in [1.82, 2.24) is 4.72 Å². The second-order valence-electron chi connectivity index (χ2n) is 5.16. The first-order valence-corrected chi connectivity index (χ1v) is 8.71. The summed E-state index contributed by atoms with van der Waals surface area (Å²) in [5, 5.41) is 0. The highest BCUT2D eigenvalue weighted by Gasteiger charge is 2.14. The monoisotopic (exact) mass is 299 g/mol. The molecule has 1 aromatic rings. The number of nitrogen functional groups attached to an aromatic ring is 1. The van der Waals surface area contributed by atoms with Crippen LogP contribution in [-0.2, 0) is 10.0 Å². The van der Waals surface area contributed by atoms with Crippen molar-refractivity contribution in [2.45, 2.75) is 33.2 Å². The van der Waals surface area contributed by atoms with Gasteiger partial charge in [-0.25, -0.2) is 13.1 Å². The highest BCUT2D eigenvalue weighted by molar-refractivity contribution is 7.88. The molecule has 0 aromatic heterocycles. The Morgan fingerprint density at radius 1 is 1.40 bits per heavy atom. The summed E-state index contributed by atoms with van der Waals surface area (Å²) in [5.74, 6) is 0. The van der Waals surface area contributed by atoms with Crippen molar-refractivity contribution < 1.29 is 8.42 Å². The van der Waals surface area contributed by atoms with E-state index in [1.807, 2.05) is 25.1 Å². The van der Waals surface area contributed by atoms with Crippen LogP contribution in [-0.4, -0.2) is 33.8 Å². The zero-order valence-electron chi connectivity index (χ0n) is 12.7. The number of anilines is 2. The van der Waals surface area contributed by atoms with Gasteiger partial charge in [-0.05, 0) is 44.0 Å². The van der Waals surface area contributed by atoms with Crippen LogP contribution < -0.4 is 15.4 Å². The molecule has 0 bridgehead atoms. The first-order chi connectivity index (χ1) is 9.24. The molecule has 0 aliphatic rings. The van der Waals surface area contributed by atoms with Crippen LogP contribution in [0.5, 0.6) is 0 Å². The molecule has 0 amide bonds. The molecule has 5 nitrogen and oxygen atoms in total. The molecular formula is C14H25N3O2S. The first-order valence-electron chi connectivity index (χ1n) is 6.82. The minimum Gasteiger partial charge on any atom is -0.399 e. The second-order valence-corrected chi connectivity index (χ2v) is 6.99. The molecule has 0 spiro atoms. The maximum atomic E-state index is 11.1. The molecule has 114 valence electrons. The zero-order valence-corrected chi connectivity index (χ0v) is 13.5. The fourth-order valence-electron chi connectivity index (χ4n) is 2.01. The van der Waals surface area contributed by atoms with E-state index in [0.29, 0.717) is 19.1 Å². The van der Waals surface area contributed by atoms with Gasteiger partial charge in [-0.2, -0.15) is 0 Å². The minimum atomic E-state index is -3.15. The Balaban J connectivity index is 2.86. The van der Waals surface area contributed by atoms with E-state index in [9.17, 15) is 8.42 Å². The van der Waals surface area contributed by atoms with Crippen LogP contribution in [0.25, 0.3) is 0 Å². The Bertz CT molecular complexity index is 543. The highest BCUT2D eigenvalue weighted by Crippen LogP contribution is 2.23. The van der Waals surface area contributed by atoms with Crippen LogP contribution in [0.15, 0.2) is 18.2 Å². The van der Waals surface area contributed by atoms with E-state index in [1.54, 1.807) is 0 Å². The fraction of sp³-hybridized carbons (Fsp3) is 0.571. The molecule has 1 atom stereocenters. The molecule has 3 N–H and O–H groups in total. The zero-order chi connectivity index (χ0) is 15.3. The molecule has 0 heterocycles. The summed E-state index contributed by atoms with van der Waals surface area (Å²) < 4.78 is 24.8. The Morgan fingerprint density at radius 2 is 2.05 bits per heavy atom. The number of hydrogen-bond donors (Lipinski definition) is 2. The Hall–Kier alpha value is -1.27. The molecule has 0 aliphatic carbocycles. The van der Waals surface area contributed by atoms with E-state index in [1.165, 1.54) is 6.26 Å². The predicted octanol–water partition coefficient (Wildman–Crippen LogP) is 1.73. The molecule has 0 saturated heterocycles. The molecule has 6 heteroatoms. The van der Waals surface area contributed by atoms with Crippen LogP contribution in [0.3, 0.4) is 0 Å². The van der Waals surface area contributed by atoms with Crippen LogP contribution in [0.2, 0.25) is 0 Å². The van der Waals surface area contributed by atoms with Gasteiger partial charge in [-0.1, -0.05) is 6.92 Å². The molecule has 1 unspecified atom stereocenters. The van der Waals surface area contributed by atoms with E-state index in [2.05, 4.69) is 23.5 Å². The van der Waals surface area contributed by atoms with Crippen LogP contribution >= 0.6 is 0 Å². The number of rotatable bonds is 7. The first kappa shape index (κ1) is 16.8. The topological polar surface area (TPSA) is 75.4 Å². The van der Waals surface area contributed by atoms with Crippen molar-refractivity contribution >= 4 is 21.4 Å². The average molecular weight is 299 g/mol. The van der Waals surface area contributed by atoms with Crippen molar-refractivity contribution in [2.24, 2.45) is 0 Å². The summed E-state index contributed by atoms with van der Waals surface area (Å²) in [5.41, 5.74) is 8.72. The van der Waals surface area contributed by atoms with Crippen molar-refractivity contribution in [3.05, 3.63) is 23.8 Å². The van der Waals surface area contributed by atoms with Gasteiger partial charge in [0.1, 0.15) is 0 Å². The maximum absolute atomic E-state index is 11.1. The third kappa shape index (κ3) is 5.02. The molecule has 0 aliphatic heterocycles. The van der Waals surface area contributed by atoms with Crippen molar-refractivity contribution in [2.75, 3.05) is 30.0 Å². The lowest BCUT2D eigenvalue weighted by molar-refractivity contribution is 0.577. The van der Waals surface area contributed by atoms with E-state index < -0.39 is 10.0 Å². The van der Waals surface area contributed by atoms with Crippen LogP contribution in [0, 0.1) is 6.92 Å². The maximum Gasteiger partial charge on any atom is 0.208 e. The number of benzene rings is 1. The van der Waals surface area contributed by atoms with Gasteiger partial charge in [0.05, 0.1) is 6.26 Å². The van der Waals surface area contributed by atoms with Gasteiger partial charge < -0.3 is 10.6 Å². The molecule has 0 radical (unpaired) electrons. The van der Waals surface area contributed by atoms with Crippen LogP contribution in [0.4, 0.5) is 11.4 Å². The van der Waals surface area contributed by atoms with Crippen molar-refractivity contribution in [3.63, 3.8) is 0 Å². The van der Waals surface area contributed by atoms with Gasteiger partial charge in [0.2, 0.25) is 10.0 Å². The summed E-state index contributed by atoms with van der Waals surface area (Å²) in [6.45, 7) is 7.25. The van der Waals surface area contributed by atoms with Crippen molar-refractivity contribution in [1.29, 1.82) is 0 Å². The number of nitrogens with one attached hydrogen (secondary N) is 1. The molecule has 0 fully saturated rings. The third-order valence-corrected chi connectivity index (χ3v) is 4.15. The summed E-state index contributed by atoms with van der Waals surface area (Å²) in [4.78, 5) is 2.20. The lowest BCUT2D eigenvalue weighted by Crippen LogP contribution is -2.39. The van der Waals surface area contributed by atoms with Gasteiger partial charge in [0.25, 0.3) is 0 Å². The third-order valence-electron chi connectivity index (χ3n) is 3.42. The molecule has 1 aromatic carbocycles. The summed E-state index contributed by atoms with van der Waals surface area (Å²) in [6.07, 6.45) is 2.16. The smallest absolute Gasteiger partial charge is 0.208 e. The van der Waals surface area contributed by atoms with E-state index in [0.717, 1.165) is 23.4 Å². The quantitative estimate of drug-likeness (QED) is 0.752. The number of nitrogens with two attached hydrogens (primary N) is 1. The van der Waals surface area contributed by atoms with Crippen molar-refractivity contribution in [3.8, 4) is 0 Å². The van der Waals surface area contributed by atoms with Gasteiger partial charge in [0, 0.05) is 30.5 Å². The Labute approximate surface area is 122 Å².